The zero-order chi connectivity index (χ0) is 10.7. The lowest BCUT2D eigenvalue weighted by atomic mass is 10.1. The highest BCUT2D eigenvalue weighted by molar-refractivity contribution is 7.99. The van der Waals surface area contributed by atoms with Gasteiger partial charge in [0.15, 0.2) is 0 Å². The van der Waals surface area contributed by atoms with Gasteiger partial charge >= 0.3 is 0 Å². The van der Waals surface area contributed by atoms with Crippen LogP contribution in [-0.2, 0) is 0 Å². The SMILES string of the molecule is Cc1cc(F)ccc1NC1CCSCC1. The zero-order valence-electron chi connectivity index (χ0n) is 8.92. The smallest absolute Gasteiger partial charge is 0.123 e. The second-order valence-corrected chi connectivity index (χ2v) is 5.21. The molecule has 0 spiro atoms. The summed E-state index contributed by atoms with van der Waals surface area (Å²) in [4.78, 5) is 0. The average Bonchev–Trinajstić information content (AvgIpc) is 2.24. The van der Waals surface area contributed by atoms with E-state index in [1.165, 1.54) is 30.4 Å². The molecule has 2 rings (SSSR count). The van der Waals surface area contributed by atoms with Crippen molar-refractivity contribution in [1.29, 1.82) is 0 Å². The van der Waals surface area contributed by atoms with Crippen molar-refractivity contribution in [3.8, 4) is 0 Å². The normalized spacial score (nSPS) is 17.7. The summed E-state index contributed by atoms with van der Waals surface area (Å²) in [7, 11) is 0. The van der Waals surface area contributed by atoms with Crippen molar-refractivity contribution in [2.75, 3.05) is 16.8 Å². The van der Waals surface area contributed by atoms with Gasteiger partial charge in [-0.1, -0.05) is 0 Å². The van der Waals surface area contributed by atoms with Gasteiger partial charge in [-0.2, -0.15) is 11.8 Å². The van der Waals surface area contributed by atoms with Crippen LogP contribution in [0.3, 0.4) is 0 Å². The molecule has 0 unspecified atom stereocenters. The number of nitrogens with one attached hydrogen (secondary N) is 1. The molecule has 1 aromatic rings. The molecule has 1 aliphatic heterocycles. The first-order valence-corrected chi connectivity index (χ1v) is 6.51. The number of hydrogen-bond acceptors (Lipinski definition) is 2. The van der Waals surface area contributed by atoms with Crippen molar-refractivity contribution in [3.63, 3.8) is 0 Å². The summed E-state index contributed by atoms with van der Waals surface area (Å²) < 4.78 is 12.9. The number of anilines is 1. The van der Waals surface area contributed by atoms with Crippen molar-refractivity contribution in [2.45, 2.75) is 25.8 Å². The number of halogens is 1. The third-order valence-corrected chi connectivity index (χ3v) is 3.82. The summed E-state index contributed by atoms with van der Waals surface area (Å²) in [6.45, 7) is 1.95. The molecule has 1 saturated heterocycles. The third kappa shape index (κ3) is 2.88. The van der Waals surface area contributed by atoms with Crippen LogP contribution in [0.2, 0.25) is 0 Å². The van der Waals surface area contributed by atoms with Crippen molar-refractivity contribution in [2.24, 2.45) is 0 Å². The standard InChI is InChI=1S/C12H16FNS/c1-9-8-10(13)2-3-12(9)14-11-4-6-15-7-5-11/h2-3,8,11,14H,4-7H2,1H3. The highest BCUT2D eigenvalue weighted by Gasteiger charge is 2.13. The van der Waals surface area contributed by atoms with Crippen molar-refractivity contribution in [1.82, 2.24) is 0 Å². The molecule has 1 heterocycles. The second-order valence-electron chi connectivity index (χ2n) is 3.99. The van der Waals surface area contributed by atoms with E-state index in [4.69, 9.17) is 0 Å². The molecule has 1 aliphatic rings. The fourth-order valence-corrected chi connectivity index (χ4v) is 2.96. The van der Waals surface area contributed by atoms with Gasteiger partial charge in [-0.05, 0) is 55.0 Å². The Labute approximate surface area is 94.5 Å². The average molecular weight is 225 g/mol. The molecular formula is C12H16FNS. The summed E-state index contributed by atoms with van der Waals surface area (Å²) >= 11 is 2.02. The maximum absolute atomic E-state index is 12.9. The lowest BCUT2D eigenvalue weighted by Crippen LogP contribution is -2.24. The molecule has 0 aromatic heterocycles. The van der Waals surface area contributed by atoms with Gasteiger partial charge < -0.3 is 5.32 Å². The summed E-state index contributed by atoms with van der Waals surface area (Å²) in [5.41, 5.74) is 2.07. The van der Waals surface area contributed by atoms with Crippen LogP contribution in [0.15, 0.2) is 18.2 Å². The predicted octanol–water partition coefficient (Wildman–Crippen LogP) is 3.44. The Hall–Kier alpha value is -0.700. The van der Waals surface area contributed by atoms with Gasteiger partial charge in [0, 0.05) is 11.7 Å². The molecular weight excluding hydrogens is 209 g/mol. The van der Waals surface area contributed by atoms with E-state index in [0.717, 1.165) is 11.3 Å². The van der Waals surface area contributed by atoms with E-state index >= 15 is 0 Å². The molecule has 0 bridgehead atoms. The molecule has 3 heteroatoms. The molecule has 0 atom stereocenters. The third-order valence-electron chi connectivity index (χ3n) is 2.77. The van der Waals surface area contributed by atoms with Crippen LogP contribution in [0, 0.1) is 12.7 Å². The molecule has 0 saturated carbocycles. The highest BCUT2D eigenvalue weighted by Crippen LogP contribution is 2.23. The van der Waals surface area contributed by atoms with Crippen LogP contribution in [-0.4, -0.2) is 17.5 Å². The molecule has 0 amide bonds. The van der Waals surface area contributed by atoms with E-state index in [0.29, 0.717) is 6.04 Å². The van der Waals surface area contributed by atoms with Crippen LogP contribution in [0.1, 0.15) is 18.4 Å². The predicted molar refractivity (Wildman–Crippen MR) is 65.1 cm³/mol. The Morgan fingerprint density at radius 2 is 2.07 bits per heavy atom. The van der Waals surface area contributed by atoms with Crippen LogP contribution in [0.5, 0.6) is 0 Å². The Kier molecular flexibility index (Phi) is 3.52. The number of rotatable bonds is 2. The van der Waals surface area contributed by atoms with E-state index in [1.54, 1.807) is 6.07 Å². The Morgan fingerprint density at radius 3 is 2.73 bits per heavy atom. The van der Waals surface area contributed by atoms with Gasteiger partial charge in [0.05, 0.1) is 0 Å². The summed E-state index contributed by atoms with van der Waals surface area (Å²) in [6, 6.07) is 5.51. The lowest BCUT2D eigenvalue weighted by molar-refractivity contribution is 0.625. The van der Waals surface area contributed by atoms with Crippen LogP contribution < -0.4 is 5.32 Å². The molecule has 0 aliphatic carbocycles. The largest absolute Gasteiger partial charge is 0.382 e. The number of hydrogen-bond donors (Lipinski definition) is 1. The Morgan fingerprint density at radius 1 is 1.33 bits per heavy atom. The molecule has 1 N–H and O–H groups in total. The monoisotopic (exact) mass is 225 g/mol. The first-order chi connectivity index (χ1) is 7.25. The molecule has 15 heavy (non-hydrogen) atoms. The van der Waals surface area contributed by atoms with Crippen LogP contribution in [0.25, 0.3) is 0 Å². The van der Waals surface area contributed by atoms with Gasteiger partial charge in [-0.3, -0.25) is 0 Å². The summed E-state index contributed by atoms with van der Waals surface area (Å²) in [6.07, 6.45) is 2.42. The van der Waals surface area contributed by atoms with E-state index in [2.05, 4.69) is 5.32 Å². The van der Waals surface area contributed by atoms with E-state index in [1.807, 2.05) is 24.8 Å². The zero-order valence-corrected chi connectivity index (χ0v) is 9.74. The first-order valence-electron chi connectivity index (χ1n) is 5.36. The summed E-state index contributed by atoms with van der Waals surface area (Å²) in [5, 5.41) is 3.50. The number of benzene rings is 1. The minimum Gasteiger partial charge on any atom is -0.382 e. The van der Waals surface area contributed by atoms with Crippen LogP contribution >= 0.6 is 11.8 Å². The molecule has 1 nitrogen and oxygen atoms in total. The van der Waals surface area contributed by atoms with Gasteiger partial charge in [-0.25, -0.2) is 4.39 Å². The highest BCUT2D eigenvalue weighted by atomic mass is 32.2. The lowest BCUT2D eigenvalue weighted by Gasteiger charge is -2.24. The van der Waals surface area contributed by atoms with E-state index in [-0.39, 0.29) is 5.82 Å². The van der Waals surface area contributed by atoms with Crippen molar-refractivity contribution < 1.29 is 4.39 Å². The maximum Gasteiger partial charge on any atom is 0.123 e. The topological polar surface area (TPSA) is 12.0 Å². The first kappa shape index (κ1) is 10.8. The van der Waals surface area contributed by atoms with Crippen LogP contribution in [0.4, 0.5) is 10.1 Å². The fourth-order valence-electron chi connectivity index (χ4n) is 1.85. The molecule has 82 valence electrons. The molecule has 1 aromatic carbocycles. The van der Waals surface area contributed by atoms with E-state index in [9.17, 15) is 4.39 Å². The summed E-state index contributed by atoms with van der Waals surface area (Å²) in [5.74, 6) is 2.31. The molecule has 0 radical (unpaired) electrons. The maximum atomic E-state index is 12.9. The van der Waals surface area contributed by atoms with Crippen molar-refractivity contribution in [3.05, 3.63) is 29.6 Å². The number of aryl methyl sites for hydroxylation is 1. The van der Waals surface area contributed by atoms with Gasteiger partial charge in [0.1, 0.15) is 5.82 Å². The van der Waals surface area contributed by atoms with Crippen molar-refractivity contribution >= 4 is 17.4 Å². The van der Waals surface area contributed by atoms with Gasteiger partial charge in [-0.15, -0.1) is 0 Å². The Balaban J connectivity index is 2.03. The minimum absolute atomic E-state index is 0.155. The second kappa shape index (κ2) is 4.88. The quantitative estimate of drug-likeness (QED) is 0.827. The van der Waals surface area contributed by atoms with Gasteiger partial charge in [0.25, 0.3) is 0 Å². The Bertz CT molecular complexity index is 334. The number of thioether (sulfide) groups is 1. The fraction of sp³-hybridized carbons (Fsp3) is 0.500. The van der Waals surface area contributed by atoms with E-state index < -0.39 is 0 Å². The molecule has 1 fully saturated rings. The van der Waals surface area contributed by atoms with Gasteiger partial charge in [0.2, 0.25) is 0 Å². The minimum atomic E-state index is -0.155.